The zero-order valence-electron chi connectivity index (χ0n) is 16.4. The highest BCUT2D eigenvalue weighted by Crippen LogP contribution is 2.34. The van der Waals surface area contributed by atoms with Crippen LogP contribution >= 0.6 is 11.6 Å². The van der Waals surface area contributed by atoms with Gasteiger partial charge in [-0.1, -0.05) is 37.6 Å². The van der Waals surface area contributed by atoms with Crippen LogP contribution in [-0.2, 0) is 6.42 Å². The van der Waals surface area contributed by atoms with Crippen LogP contribution in [0.3, 0.4) is 0 Å². The minimum absolute atomic E-state index is 0.102. The fourth-order valence-electron chi connectivity index (χ4n) is 2.90. The molecule has 0 radical (unpaired) electrons. The van der Waals surface area contributed by atoms with Crippen molar-refractivity contribution >= 4 is 17.4 Å². The van der Waals surface area contributed by atoms with Crippen LogP contribution < -0.4 is 10.1 Å². The second-order valence-corrected chi connectivity index (χ2v) is 6.89. The summed E-state index contributed by atoms with van der Waals surface area (Å²) in [6.07, 6.45) is 2.68. The molecule has 0 aliphatic carbocycles. The second-order valence-electron chi connectivity index (χ2n) is 6.51. The molecular formula is C21H17ClF5N3O. The number of nitrogens with one attached hydrogen (secondary N) is 1. The molecule has 31 heavy (non-hydrogen) atoms. The second kappa shape index (κ2) is 9.47. The van der Waals surface area contributed by atoms with Gasteiger partial charge in [0.2, 0.25) is 34.8 Å². The molecule has 0 amide bonds. The Kier molecular flexibility index (Phi) is 6.94. The van der Waals surface area contributed by atoms with Gasteiger partial charge in [-0.15, -0.1) is 0 Å². The summed E-state index contributed by atoms with van der Waals surface area (Å²) in [5.74, 6) is -11.5. The molecule has 0 fully saturated rings. The fourth-order valence-corrected chi connectivity index (χ4v) is 3.19. The van der Waals surface area contributed by atoms with E-state index < -0.39 is 34.8 Å². The molecule has 164 valence electrons. The molecule has 1 heterocycles. The van der Waals surface area contributed by atoms with Crippen molar-refractivity contribution in [2.24, 2.45) is 0 Å². The Labute approximate surface area is 180 Å². The maximum atomic E-state index is 13.8. The highest BCUT2D eigenvalue weighted by molar-refractivity contribution is 6.33. The van der Waals surface area contributed by atoms with E-state index in [1.54, 1.807) is 12.1 Å². The van der Waals surface area contributed by atoms with E-state index in [4.69, 9.17) is 16.3 Å². The molecule has 3 rings (SSSR count). The van der Waals surface area contributed by atoms with Gasteiger partial charge in [-0.25, -0.2) is 23.1 Å². The zero-order valence-corrected chi connectivity index (χ0v) is 17.2. The van der Waals surface area contributed by atoms with Crippen LogP contribution in [0.25, 0.3) is 0 Å². The topological polar surface area (TPSA) is 47.0 Å². The number of hydrogen-bond acceptors (Lipinski definition) is 4. The standard InChI is InChI=1S/C21H17ClF5N3O/c1-3-12(30-21-14(22)13(4-2)28-9-29-21)10-5-7-11(8-6-10)31-20-18(26)16(24)15(23)17(25)19(20)27/h5-9,12H,3-4H2,1-2H3,(H,28,29,30). The van der Waals surface area contributed by atoms with Crippen LogP contribution in [0.2, 0.25) is 5.02 Å². The smallest absolute Gasteiger partial charge is 0.207 e. The Morgan fingerprint density at radius 1 is 0.903 bits per heavy atom. The number of anilines is 1. The predicted octanol–water partition coefficient (Wildman–Crippen LogP) is 6.74. The third kappa shape index (κ3) is 4.56. The van der Waals surface area contributed by atoms with Crippen LogP contribution in [-0.4, -0.2) is 9.97 Å². The molecule has 10 heteroatoms. The summed E-state index contributed by atoms with van der Waals surface area (Å²) >= 11 is 6.31. The van der Waals surface area contributed by atoms with Crippen molar-refractivity contribution in [3.63, 3.8) is 0 Å². The van der Waals surface area contributed by atoms with E-state index in [0.29, 0.717) is 29.4 Å². The van der Waals surface area contributed by atoms with E-state index in [-0.39, 0.29) is 11.8 Å². The van der Waals surface area contributed by atoms with Gasteiger partial charge < -0.3 is 10.1 Å². The lowest BCUT2D eigenvalue weighted by atomic mass is 10.0. The van der Waals surface area contributed by atoms with Crippen molar-refractivity contribution in [3.05, 3.63) is 76.0 Å². The molecule has 1 atom stereocenters. The van der Waals surface area contributed by atoms with Gasteiger partial charge in [0.15, 0.2) is 0 Å². The first-order valence-corrected chi connectivity index (χ1v) is 9.71. The van der Waals surface area contributed by atoms with Crippen molar-refractivity contribution in [2.75, 3.05) is 5.32 Å². The summed E-state index contributed by atoms with van der Waals surface area (Å²) in [5, 5.41) is 3.62. The van der Waals surface area contributed by atoms with E-state index >= 15 is 0 Å². The van der Waals surface area contributed by atoms with Crippen molar-refractivity contribution in [1.29, 1.82) is 0 Å². The zero-order chi connectivity index (χ0) is 22.7. The van der Waals surface area contributed by atoms with Gasteiger partial charge in [-0.2, -0.15) is 8.78 Å². The quantitative estimate of drug-likeness (QED) is 0.242. The number of rotatable bonds is 7. The first-order chi connectivity index (χ1) is 14.8. The minimum atomic E-state index is -2.25. The molecule has 0 spiro atoms. The van der Waals surface area contributed by atoms with Crippen molar-refractivity contribution < 1.29 is 26.7 Å². The Hall–Kier alpha value is -2.94. The number of aromatic nitrogens is 2. The molecule has 0 aliphatic heterocycles. The molecule has 0 aliphatic rings. The molecule has 0 bridgehead atoms. The number of hydrogen-bond donors (Lipinski definition) is 1. The Balaban J connectivity index is 1.83. The molecule has 0 saturated heterocycles. The normalized spacial score (nSPS) is 12.0. The van der Waals surface area contributed by atoms with E-state index in [0.717, 1.165) is 5.56 Å². The number of benzene rings is 2. The van der Waals surface area contributed by atoms with Crippen molar-refractivity contribution in [2.45, 2.75) is 32.7 Å². The van der Waals surface area contributed by atoms with Crippen molar-refractivity contribution in [3.8, 4) is 11.5 Å². The first-order valence-electron chi connectivity index (χ1n) is 9.33. The van der Waals surface area contributed by atoms with E-state index in [1.807, 2.05) is 13.8 Å². The fraction of sp³-hybridized carbons (Fsp3) is 0.238. The van der Waals surface area contributed by atoms with Gasteiger partial charge in [0.05, 0.1) is 11.7 Å². The van der Waals surface area contributed by atoms with Crippen LogP contribution in [0.1, 0.15) is 37.6 Å². The van der Waals surface area contributed by atoms with Gasteiger partial charge in [-0.05, 0) is 30.5 Å². The largest absolute Gasteiger partial charge is 0.451 e. The van der Waals surface area contributed by atoms with Gasteiger partial charge in [-0.3, -0.25) is 0 Å². The molecule has 1 N–H and O–H groups in total. The number of aryl methyl sites for hydroxylation is 1. The molecule has 0 saturated carbocycles. The van der Waals surface area contributed by atoms with Crippen LogP contribution in [0.5, 0.6) is 11.5 Å². The Bertz CT molecular complexity index is 1070. The lowest BCUT2D eigenvalue weighted by molar-refractivity contribution is 0.332. The average Bonchev–Trinajstić information content (AvgIpc) is 2.79. The van der Waals surface area contributed by atoms with Gasteiger partial charge in [0.25, 0.3) is 0 Å². The van der Waals surface area contributed by atoms with Gasteiger partial charge in [0.1, 0.15) is 22.9 Å². The maximum absolute atomic E-state index is 13.8. The Morgan fingerprint density at radius 2 is 1.48 bits per heavy atom. The van der Waals surface area contributed by atoms with Crippen LogP contribution in [0.15, 0.2) is 30.6 Å². The van der Waals surface area contributed by atoms with Crippen molar-refractivity contribution in [1.82, 2.24) is 9.97 Å². The van der Waals surface area contributed by atoms with Crippen LogP contribution in [0, 0.1) is 29.1 Å². The summed E-state index contributed by atoms with van der Waals surface area (Å²) in [5.41, 5.74) is 1.46. The molecule has 4 nitrogen and oxygen atoms in total. The third-order valence-electron chi connectivity index (χ3n) is 4.59. The molecule has 1 unspecified atom stereocenters. The number of halogens is 6. The maximum Gasteiger partial charge on any atom is 0.207 e. The highest BCUT2D eigenvalue weighted by Gasteiger charge is 2.27. The summed E-state index contributed by atoms with van der Waals surface area (Å²) < 4.78 is 72.4. The third-order valence-corrected chi connectivity index (χ3v) is 4.98. The predicted molar refractivity (Wildman–Crippen MR) is 106 cm³/mol. The molecular weight excluding hydrogens is 441 g/mol. The summed E-state index contributed by atoms with van der Waals surface area (Å²) in [7, 11) is 0. The number of nitrogens with zero attached hydrogens (tertiary/aromatic N) is 2. The van der Waals surface area contributed by atoms with E-state index in [9.17, 15) is 22.0 Å². The first kappa shape index (κ1) is 22.7. The molecule has 2 aromatic carbocycles. The van der Waals surface area contributed by atoms with E-state index in [2.05, 4.69) is 15.3 Å². The molecule has 3 aromatic rings. The Morgan fingerprint density at radius 3 is 2.03 bits per heavy atom. The number of ether oxygens (including phenoxy) is 1. The monoisotopic (exact) mass is 457 g/mol. The summed E-state index contributed by atoms with van der Waals surface area (Å²) in [6.45, 7) is 3.84. The van der Waals surface area contributed by atoms with Crippen LogP contribution in [0.4, 0.5) is 27.8 Å². The molecule has 1 aromatic heterocycles. The van der Waals surface area contributed by atoms with E-state index in [1.165, 1.54) is 18.5 Å². The summed E-state index contributed by atoms with van der Waals surface area (Å²) in [4.78, 5) is 8.26. The lowest BCUT2D eigenvalue weighted by Gasteiger charge is -2.20. The van der Waals surface area contributed by atoms with Gasteiger partial charge in [0, 0.05) is 0 Å². The highest BCUT2D eigenvalue weighted by atomic mass is 35.5. The minimum Gasteiger partial charge on any atom is -0.451 e. The SMILES string of the molecule is CCc1ncnc(NC(CC)c2ccc(Oc3c(F)c(F)c(F)c(F)c3F)cc2)c1Cl. The van der Waals surface area contributed by atoms with Gasteiger partial charge >= 0.3 is 0 Å². The average molecular weight is 458 g/mol. The summed E-state index contributed by atoms with van der Waals surface area (Å²) in [6, 6.07) is 5.69. The lowest BCUT2D eigenvalue weighted by Crippen LogP contribution is -2.12.